The van der Waals surface area contributed by atoms with Gasteiger partial charge in [-0.3, -0.25) is 39.1 Å². The van der Waals surface area contributed by atoms with Crippen molar-refractivity contribution in [1.29, 1.82) is 0 Å². The van der Waals surface area contributed by atoms with Crippen molar-refractivity contribution in [2.75, 3.05) is 87.1 Å². The number of anilines is 6. The second-order valence-electron chi connectivity index (χ2n) is 16.8. The zero-order chi connectivity index (χ0) is 45.1. The van der Waals surface area contributed by atoms with E-state index < -0.39 is 36.8 Å². The van der Waals surface area contributed by atoms with E-state index in [4.69, 9.17) is 16.3 Å². The smallest absolute Gasteiger partial charge is 0.262 e. The number of methoxy groups -OCH3 is 1. The Bertz CT molecular complexity index is 2520. The van der Waals surface area contributed by atoms with E-state index >= 15 is 0 Å². The van der Waals surface area contributed by atoms with E-state index in [2.05, 4.69) is 47.1 Å². The van der Waals surface area contributed by atoms with Crippen LogP contribution in [0.25, 0.3) is 0 Å². The standard InChI is InChI=1S/C45H52ClN10O7P/c1-63-37-26-30(11-13-34(37)50-45-48-27-33(46)41(52-45)49-35-7-4-5-8-38(35)64(2,3)62)53-19-16-29(17-20-53)54-21-23-55(24-22-54)40(58)9-6-18-47-28-10-12-31-32(25-28)44(61)56(43(31)60)36-14-15-39(57)51-42(36)59/h4-5,7-8,10-13,25-27,29,36,47H,6,9,14-24H2,1-3H3,(H,51,57,59)(H2,48,49,50,52). The molecular weight excluding hydrogens is 859 g/mol. The molecule has 1 aromatic heterocycles. The van der Waals surface area contributed by atoms with Crippen LogP contribution in [0.4, 0.5) is 34.5 Å². The fourth-order valence-electron chi connectivity index (χ4n) is 8.83. The van der Waals surface area contributed by atoms with E-state index in [0.29, 0.717) is 83.4 Å². The quantitative estimate of drug-likeness (QED) is 0.0724. The van der Waals surface area contributed by atoms with Crippen molar-refractivity contribution >= 4 is 88.1 Å². The maximum atomic E-state index is 13.2. The van der Waals surface area contributed by atoms with Crippen LogP contribution < -0.4 is 36.2 Å². The van der Waals surface area contributed by atoms with Gasteiger partial charge in [0.1, 0.15) is 24.0 Å². The van der Waals surface area contributed by atoms with Crippen LogP contribution in [0.1, 0.15) is 59.2 Å². The van der Waals surface area contributed by atoms with Gasteiger partial charge in [-0.2, -0.15) is 4.98 Å². The van der Waals surface area contributed by atoms with Crippen molar-refractivity contribution in [1.82, 2.24) is 30.0 Å². The molecule has 64 heavy (non-hydrogen) atoms. The number of piperazine rings is 1. The lowest BCUT2D eigenvalue weighted by atomic mass is 10.0. The number of halogens is 1. The molecule has 4 aliphatic heterocycles. The lowest BCUT2D eigenvalue weighted by Gasteiger charge is -2.43. The molecule has 0 radical (unpaired) electrons. The third-order valence-electron chi connectivity index (χ3n) is 12.3. The SMILES string of the molecule is COc1cc(N2CCC(N3CCN(C(=O)CCCNc4ccc5c(c4)C(=O)N(C4CCC(=O)NC4=O)C5=O)CC3)CC2)ccc1Nc1ncc(Cl)c(Nc2ccccc2P(C)(C)=O)n1. The Balaban J connectivity index is 0.771. The van der Waals surface area contributed by atoms with E-state index in [1.54, 1.807) is 38.6 Å². The second-order valence-corrected chi connectivity index (χ2v) is 20.4. The van der Waals surface area contributed by atoms with Crippen molar-refractivity contribution in [3.8, 4) is 5.75 Å². The second kappa shape index (κ2) is 19.0. The molecule has 4 aliphatic rings. The highest BCUT2D eigenvalue weighted by molar-refractivity contribution is 7.70. The van der Waals surface area contributed by atoms with Gasteiger partial charge in [0, 0.05) is 87.4 Å². The average Bonchev–Trinajstić information content (AvgIpc) is 3.53. The van der Waals surface area contributed by atoms with Crippen LogP contribution >= 0.6 is 18.7 Å². The summed E-state index contributed by atoms with van der Waals surface area (Å²) < 4.78 is 18.7. The van der Waals surface area contributed by atoms with Gasteiger partial charge in [0.05, 0.1) is 35.8 Å². The number of hydrogen-bond donors (Lipinski definition) is 4. The zero-order valence-electron chi connectivity index (χ0n) is 36.1. The van der Waals surface area contributed by atoms with Crippen LogP contribution in [-0.2, 0) is 18.9 Å². The molecule has 5 amide bonds. The predicted molar refractivity (Wildman–Crippen MR) is 246 cm³/mol. The summed E-state index contributed by atoms with van der Waals surface area (Å²) in [6.07, 6.45) is 4.67. The van der Waals surface area contributed by atoms with E-state index in [1.165, 1.54) is 6.20 Å². The van der Waals surface area contributed by atoms with E-state index in [1.807, 2.05) is 41.3 Å². The molecule has 8 rings (SSSR count). The first-order chi connectivity index (χ1) is 30.8. The summed E-state index contributed by atoms with van der Waals surface area (Å²) in [5, 5.41) is 13.0. The number of nitrogens with zero attached hydrogens (tertiary/aromatic N) is 6. The van der Waals surface area contributed by atoms with Gasteiger partial charge >= 0.3 is 0 Å². The third-order valence-corrected chi connectivity index (χ3v) is 14.1. The predicted octanol–water partition coefficient (Wildman–Crippen LogP) is 5.28. The van der Waals surface area contributed by atoms with Gasteiger partial charge in [-0.25, -0.2) is 4.98 Å². The molecule has 3 fully saturated rings. The zero-order valence-corrected chi connectivity index (χ0v) is 37.7. The number of rotatable bonds is 14. The van der Waals surface area contributed by atoms with Crippen LogP contribution in [0.5, 0.6) is 5.75 Å². The minimum absolute atomic E-state index is 0.0626. The number of aromatic nitrogens is 2. The molecule has 1 unspecified atom stereocenters. The first kappa shape index (κ1) is 44.6. The first-order valence-corrected chi connectivity index (χ1v) is 24.5. The maximum absolute atomic E-state index is 13.2. The molecule has 5 heterocycles. The minimum atomic E-state index is -2.56. The van der Waals surface area contributed by atoms with Crippen LogP contribution in [0.2, 0.25) is 5.02 Å². The van der Waals surface area contributed by atoms with Gasteiger partial charge in [-0.05, 0) is 81.5 Å². The molecule has 336 valence electrons. The van der Waals surface area contributed by atoms with Gasteiger partial charge < -0.3 is 35.1 Å². The summed E-state index contributed by atoms with van der Waals surface area (Å²) in [4.78, 5) is 80.0. The molecule has 1 atom stereocenters. The van der Waals surface area contributed by atoms with Gasteiger partial charge in [0.25, 0.3) is 11.8 Å². The average molecular weight is 911 g/mol. The summed E-state index contributed by atoms with van der Waals surface area (Å²) in [6.45, 7) is 8.75. The van der Waals surface area contributed by atoms with E-state index in [9.17, 15) is 28.5 Å². The maximum Gasteiger partial charge on any atom is 0.262 e. The summed E-state index contributed by atoms with van der Waals surface area (Å²) >= 11 is 6.48. The Morgan fingerprint density at radius 2 is 1.64 bits per heavy atom. The van der Waals surface area contributed by atoms with Crippen molar-refractivity contribution < 1.29 is 33.3 Å². The molecule has 19 heteroatoms. The highest BCUT2D eigenvalue weighted by atomic mass is 35.5. The Kier molecular flexibility index (Phi) is 13.2. The van der Waals surface area contributed by atoms with Crippen LogP contribution in [0.15, 0.2) is 66.9 Å². The first-order valence-electron chi connectivity index (χ1n) is 21.5. The number of amides is 5. The van der Waals surface area contributed by atoms with Crippen molar-refractivity contribution in [2.24, 2.45) is 0 Å². The number of carbonyl (C=O) groups excluding carboxylic acids is 5. The van der Waals surface area contributed by atoms with Gasteiger partial charge in [0.2, 0.25) is 23.7 Å². The van der Waals surface area contributed by atoms with Crippen molar-refractivity contribution in [3.05, 3.63) is 83.0 Å². The molecule has 3 saturated heterocycles. The molecule has 4 aromatic rings. The van der Waals surface area contributed by atoms with Gasteiger partial charge in [-0.1, -0.05) is 23.7 Å². The van der Waals surface area contributed by atoms with Gasteiger partial charge in [-0.15, -0.1) is 0 Å². The number of hydrogen-bond acceptors (Lipinski definition) is 14. The lowest BCUT2D eigenvalue weighted by Crippen LogP contribution is -2.54. The van der Waals surface area contributed by atoms with Crippen LogP contribution in [0.3, 0.4) is 0 Å². The number of nitrogens with one attached hydrogen (secondary N) is 4. The molecule has 4 N–H and O–H groups in total. The fourth-order valence-corrected chi connectivity index (χ4v) is 10.1. The normalized spacial score (nSPS) is 18.5. The molecule has 0 bridgehead atoms. The molecule has 0 spiro atoms. The molecule has 17 nitrogen and oxygen atoms in total. The molecule has 0 aliphatic carbocycles. The Hall–Kier alpha value is -6.03. The number of carbonyl (C=O) groups is 5. The fraction of sp³-hybridized carbons (Fsp3) is 0.400. The number of benzene rings is 3. The number of ether oxygens (including phenoxy) is 1. The largest absolute Gasteiger partial charge is 0.494 e. The Morgan fingerprint density at radius 1 is 0.891 bits per heavy atom. The highest BCUT2D eigenvalue weighted by Crippen LogP contribution is 2.39. The summed E-state index contributed by atoms with van der Waals surface area (Å²) in [7, 11) is -0.934. The number of fused-ring (bicyclic) bond motifs is 1. The number of para-hydroxylation sites is 1. The third kappa shape index (κ3) is 9.71. The highest BCUT2D eigenvalue weighted by Gasteiger charge is 2.44. The monoisotopic (exact) mass is 910 g/mol. The van der Waals surface area contributed by atoms with Crippen LogP contribution in [-0.4, -0.2) is 133 Å². The Labute approximate surface area is 376 Å². The number of imide groups is 2. The van der Waals surface area contributed by atoms with Gasteiger partial charge in [0.15, 0.2) is 5.82 Å². The van der Waals surface area contributed by atoms with E-state index in [0.717, 1.165) is 49.6 Å². The minimum Gasteiger partial charge on any atom is -0.494 e. The Morgan fingerprint density at radius 3 is 2.38 bits per heavy atom. The summed E-state index contributed by atoms with van der Waals surface area (Å²) in [5.41, 5.74) is 3.50. The number of piperidine rings is 2. The summed E-state index contributed by atoms with van der Waals surface area (Å²) in [5.74, 6) is -0.697. The van der Waals surface area contributed by atoms with Crippen molar-refractivity contribution in [3.63, 3.8) is 0 Å². The molecule has 3 aromatic carbocycles. The van der Waals surface area contributed by atoms with Crippen molar-refractivity contribution in [2.45, 2.75) is 50.6 Å². The molecular formula is C45H52ClN10O7P. The molecule has 0 saturated carbocycles. The van der Waals surface area contributed by atoms with E-state index in [-0.39, 0.29) is 29.9 Å². The topological polar surface area (TPSA) is 199 Å². The van der Waals surface area contributed by atoms with Crippen LogP contribution in [0, 0.1) is 0 Å². The summed E-state index contributed by atoms with van der Waals surface area (Å²) in [6, 6.07) is 17.7. The lowest BCUT2D eigenvalue weighted by molar-refractivity contribution is -0.136.